The van der Waals surface area contributed by atoms with Crippen LogP contribution in [0.15, 0.2) is 0 Å². The number of rotatable bonds is 7. The fourth-order valence-corrected chi connectivity index (χ4v) is 2.52. The van der Waals surface area contributed by atoms with Crippen LogP contribution in [0.3, 0.4) is 0 Å². The molecule has 6 heteroatoms. The molecule has 2 amide bonds. The summed E-state index contributed by atoms with van der Waals surface area (Å²) < 4.78 is 0. The Kier molecular flexibility index (Phi) is 7.50. The summed E-state index contributed by atoms with van der Waals surface area (Å²) in [6, 6.07) is 0.340. The van der Waals surface area contributed by atoms with Crippen molar-refractivity contribution in [1.82, 2.24) is 15.5 Å². The van der Waals surface area contributed by atoms with Gasteiger partial charge >= 0.3 is 12.0 Å². The Morgan fingerprint density at radius 2 is 1.81 bits per heavy atom. The summed E-state index contributed by atoms with van der Waals surface area (Å²) >= 11 is 0. The third kappa shape index (κ3) is 6.80. The number of carbonyl (C=O) groups is 2. The van der Waals surface area contributed by atoms with Crippen LogP contribution in [-0.2, 0) is 4.79 Å². The molecular weight excluding hydrogens is 270 g/mol. The van der Waals surface area contributed by atoms with Gasteiger partial charge in [0.05, 0.1) is 5.92 Å². The van der Waals surface area contributed by atoms with Gasteiger partial charge in [-0.05, 0) is 52.5 Å². The first-order valence-corrected chi connectivity index (χ1v) is 7.85. The zero-order valence-electron chi connectivity index (χ0n) is 13.4. The van der Waals surface area contributed by atoms with Crippen LogP contribution in [0.5, 0.6) is 0 Å². The minimum atomic E-state index is -0.687. The minimum absolute atomic E-state index is 0.132. The summed E-state index contributed by atoms with van der Waals surface area (Å²) in [5.74, 6) is -0.472. The third-order valence-electron chi connectivity index (χ3n) is 4.38. The second-order valence-corrected chi connectivity index (χ2v) is 6.27. The fourth-order valence-electron chi connectivity index (χ4n) is 2.52. The van der Waals surface area contributed by atoms with E-state index in [1.807, 2.05) is 7.05 Å². The zero-order chi connectivity index (χ0) is 15.8. The number of nitrogens with zero attached hydrogens (tertiary/aromatic N) is 1. The highest BCUT2D eigenvalue weighted by molar-refractivity contribution is 5.73. The smallest absolute Gasteiger partial charge is 0.314 e. The van der Waals surface area contributed by atoms with E-state index in [1.165, 1.54) is 0 Å². The summed E-state index contributed by atoms with van der Waals surface area (Å²) in [7, 11) is 2.03. The van der Waals surface area contributed by atoms with Crippen molar-refractivity contribution in [3.63, 3.8) is 0 Å². The Hall–Kier alpha value is -1.30. The molecule has 0 heterocycles. The van der Waals surface area contributed by atoms with E-state index in [2.05, 4.69) is 29.4 Å². The average Bonchev–Trinajstić information content (AvgIpc) is 2.45. The lowest BCUT2D eigenvalue weighted by Gasteiger charge is -2.26. The molecule has 0 aromatic rings. The molecule has 1 saturated carbocycles. The van der Waals surface area contributed by atoms with E-state index in [0.29, 0.717) is 25.0 Å². The van der Waals surface area contributed by atoms with Crippen LogP contribution in [0.4, 0.5) is 4.79 Å². The minimum Gasteiger partial charge on any atom is -0.481 e. The van der Waals surface area contributed by atoms with E-state index in [-0.39, 0.29) is 11.9 Å². The second kappa shape index (κ2) is 8.87. The van der Waals surface area contributed by atoms with Gasteiger partial charge < -0.3 is 20.6 Å². The molecule has 0 aromatic carbocycles. The SMILES string of the molecule is CC(C)N(C)CCNC(=O)NCC1CCC(C(=O)O)CC1. The maximum absolute atomic E-state index is 11.7. The quantitative estimate of drug-likeness (QED) is 0.665. The Balaban J connectivity index is 2.10. The molecule has 122 valence electrons. The van der Waals surface area contributed by atoms with Crippen molar-refractivity contribution < 1.29 is 14.7 Å². The lowest BCUT2D eigenvalue weighted by molar-refractivity contribution is -0.143. The summed E-state index contributed by atoms with van der Waals surface area (Å²) in [6.45, 7) is 6.33. The molecule has 0 aromatic heterocycles. The number of hydrogen-bond acceptors (Lipinski definition) is 3. The molecule has 1 aliphatic carbocycles. The van der Waals surface area contributed by atoms with Crippen molar-refractivity contribution in [3.8, 4) is 0 Å². The van der Waals surface area contributed by atoms with Crippen molar-refractivity contribution in [3.05, 3.63) is 0 Å². The monoisotopic (exact) mass is 299 g/mol. The number of aliphatic carboxylic acids is 1. The molecule has 6 nitrogen and oxygen atoms in total. The highest BCUT2D eigenvalue weighted by atomic mass is 16.4. The maximum atomic E-state index is 11.7. The van der Waals surface area contributed by atoms with Gasteiger partial charge in [-0.3, -0.25) is 4.79 Å². The normalized spacial score (nSPS) is 22.3. The zero-order valence-corrected chi connectivity index (χ0v) is 13.4. The van der Waals surface area contributed by atoms with E-state index < -0.39 is 5.97 Å². The summed E-state index contributed by atoms with van der Waals surface area (Å²) in [5, 5.41) is 14.7. The molecule has 1 rings (SSSR count). The maximum Gasteiger partial charge on any atom is 0.314 e. The first-order chi connectivity index (χ1) is 9.90. The number of amides is 2. The first kappa shape index (κ1) is 17.8. The number of carbonyl (C=O) groups excluding carboxylic acids is 1. The van der Waals surface area contributed by atoms with Gasteiger partial charge in [0.2, 0.25) is 0 Å². The highest BCUT2D eigenvalue weighted by Gasteiger charge is 2.25. The molecule has 0 aliphatic heterocycles. The number of carboxylic acid groups (broad SMARTS) is 1. The lowest BCUT2D eigenvalue weighted by Crippen LogP contribution is -2.42. The van der Waals surface area contributed by atoms with Crippen LogP contribution >= 0.6 is 0 Å². The molecule has 0 spiro atoms. The first-order valence-electron chi connectivity index (χ1n) is 7.85. The Labute approximate surface area is 127 Å². The molecule has 3 N–H and O–H groups in total. The van der Waals surface area contributed by atoms with Gasteiger partial charge in [-0.2, -0.15) is 0 Å². The third-order valence-corrected chi connectivity index (χ3v) is 4.38. The number of carboxylic acids is 1. The largest absolute Gasteiger partial charge is 0.481 e. The van der Waals surface area contributed by atoms with Crippen LogP contribution < -0.4 is 10.6 Å². The molecular formula is C15H29N3O3. The van der Waals surface area contributed by atoms with Crippen molar-refractivity contribution in [2.24, 2.45) is 11.8 Å². The lowest BCUT2D eigenvalue weighted by atomic mass is 9.82. The predicted octanol–water partition coefficient (Wildman–Crippen LogP) is 1.52. The van der Waals surface area contributed by atoms with Crippen LogP contribution in [0.25, 0.3) is 0 Å². The van der Waals surface area contributed by atoms with Crippen molar-refractivity contribution in [1.29, 1.82) is 0 Å². The molecule has 0 unspecified atom stereocenters. The topological polar surface area (TPSA) is 81.7 Å². The summed E-state index contributed by atoms with van der Waals surface area (Å²) in [5.41, 5.74) is 0. The van der Waals surface area contributed by atoms with Crippen molar-refractivity contribution >= 4 is 12.0 Å². The molecule has 0 bridgehead atoms. The van der Waals surface area contributed by atoms with Crippen LogP contribution in [0.1, 0.15) is 39.5 Å². The van der Waals surface area contributed by atoms with Crippen molar-refractivity contribution in [2.45, 2.75) is 45.6 Å². The van der Waals surface area contributed by atoms with Gasteiger partial charge in [0.25, 0.3) is 0 Å². The molecule has 0 saturated heterocycles. The Morgan fingerprint density at radius 1 is 1.19 bits per heavy atom. The molecule has 21 heavy (non-hydrogen) atoms. The van der Waals surface area contributed by atoms with Gasteiger partial charge in [0.15, 0.2) is 0 Å². The molecule has 1 aliphatic rings. The number of nitrogens with one attached hydrogen (secondary N) is 2. The van der Waals surface area contributed by atoms with Crippen LogP contribution in [-0.4, -0.2) is 54.7 Å². The van der Waals surface area contributed by atoms with Gasteiger partial charge in [-0.15, -0.1) is 0 Å². The van der Waals surface area contributed by atoms with Crippen molar-refractivity contribution in [2.75, 3.05) is 26.7 Å². The Morgan fingerprint density at radius 3 is 2.33 bits per heavy atom. The molecule has 1 fully saturated rings. The number of likely N-dealkylation sites (N-methyl/N-ethyl adjacent to an activating group) is 1. The van der Waals surface area contributed by atoms with Gasteiger partial charge in [-0.25, -0.2) is 4.79 Å². The average molecular weight is 299 g/mol. The van der Waals surface area contributed by atoms with Crippen LogP contribution in [0.2, 0.25) is 0 Å². The fraction of sp³-hybridized carbons (Fsp3) is 0.867. The second-order valence-electron chi connectivity index (χ2n) is 6.27. The summed E-state index contributed by atoms with van der Waals surface area (Å²) in [6.07, 6.45) is 3.21. The van der Waals surface area contributed by atoms with E-state index in [4.69, 9.17) is 5.11 Å². The van der Waals surface area contributed by atoms with Crippen LogP contribution in [0, 0.1) is 11.8 Å². The molecule has 0 radical (unpaired) electrons. The van der Waals surface area contributed by atoms with Gasteiger partial charge in [0, 0.05) is 25.7 Å². The van der Waals surface area contributed by atoms with E-state index in [9.17, 15) is 9.59 Å². The van der Waals surface area contributed by atoms with Gasteiger partial charge in [0.1, 0.15) is 0 Å². The number of hydrogen-bond donors (Lipinski definition) is 3. The predicted molar refractivity (Wildman–Crippen MR) is 82.3 cm³/mol. The number of urea groups is 1. The Bertz CT molecular complexity index is 339. The highest BCUT2D eigenvalue weighted by Crippen LogP contribution is 2.28. The van der Waals surface area contributed by atoms with Gasteiger partial charge in [-0.1, -0.05) is 0 Å². The van der Waals surface area contributed by atoms with E-state index in [1.54, 1.807) is 0 Å². The van der Waals surface area contributed by atoms with E-state index >= 15 is 0 Å². The summed E-state index contributed by atoms with van der Waals surface area (Å²) in [4.78, 5) is 24.7. The van der Waals surface area contributed by atoms with E-state index in [0.717, 1.165) is 32.2 Å². The molecule has 0 atom stereocenters. The standard InChI is InChI=1S/C15H29N3O3/c1-11(2)18(3)9-8-16-15(21)17-10-12-4-6-13(7-5-12)14(19)20/h11-13H,4-10H2,1-3H3,(H,19,20)(H2,16,17,21).